The maximum Gasteiger partial charge on any atom is 0.416 e. The van der Waals surface area contributed by atoms with E-state index in [1.54, 1.807) is 6.07 Å². The Hall–Kier alpha value is -1.19. The number of hydrogen-bond donors (Lipinski definition) is 1. The SMILES string of the molecule is CC1CC12CNc1ccc(C(F)(F)F)cc12. The Kier molecular flexibility index (Phi) is 1.71. The summed E-state index contributed by atoms with van der Waals surface area (Å²) in [6.45, 7) is 2.88. The maximum atomic E-state index is 12.6. The van der Waals surface area contributed by atoms with Crippen LogP contribution < -0.4 is 5.32 Å². The number of fused-ring (bicyclic) bond motifs is 2. The van der Waals surface area contributed by atoms with Crippen molar-refractivity contribution in [2.24, 2.45) is 5.92 Å². The first kappa shape index (κ1) is 10.00. The van der Waals surface area contributed by atoms with Gasteiger partial charge in [0.2, 0.25) is 0 Å². The van der Waals surface area contributed by atoms with Crippen molar-refractivity contribution < 1.29 is 13.2 Å². The molecule has 0 aromatic heterocycles. The first-order chi connectivity index (χ1) is 7.43. The van der Waals surface area contributed by atoms with Crippen molar-refractivity contribution in [3.8, 4) is 0 Å². The lowest BCUT2D eigenvalue weighted by atomic mass is 9.94. The molecule has 1 saturated carbocycles. The molecule has 1 N–H and O–H groups in total. The lowest BCUT2D eigenvalue weighted by Gasteiger charge is -2.11. The van der Waals surface area contributed by atoms with Gasteiger partial charge in [-0.05, 0) is 36.1 Å². The first-order valence-electron chi connectivity index (χ1n) is 5.39. The van der Waals surface area contributed by atoms with Crippen LogP contribution in [0, 0.1) is 5.92 Å². The van der Waals surface area contributed by atoms with Crippen LogP contribution >= 0.6 is 0 Å². The Bertz CT molecular complexity index is 452. The molecule has 1 nitrogen and oxygen atoms in total. The van der Waals surface area contributed by atoms with Gasteiger partial charge in [0.25, 0.3) is 0 Å². The average Bonchev–Trinajstić information content (AvgIpc) is 2.69. The molecule has 1 aromatic carbocycles. The van der Waals surface area contributed by atoms with Crippen molar-refractivity contribution in [2.45, 2.75) is 24.9 Å². The molecule has 2 atom stereocenters. The topological polar surface area (TPSA) is 12.0 Å². The highest BCUT2D eigenvalue weighted by atomic mass is 19.4. The smallest absolute Gasteiger partial charge is 0.384 e. The summed E-state index contributed by atoms with van der Waals surface area (Å²) in [7, 11) is 0. The van der Waals surface area contributed by atoms with Crippen LogP contribution in [0.15, 0.2) is 18.2 Å². The molecule has 1 spiro atoms. The number of anilines is 1. The Balaban J connectivity index is 2.08. The molecule has 0 amide bonds. The van der Waals surface area contributed by atoms with Gasteiger partial charge in [-0.25, -0.2) is 0 Å². The molecule has 2 unspecified atom stereocenters. The van der Waals surface area contributed by atoms with Crippen molar-refractivity contribution in [1.82, 2.24) is 0 Å². The molecular formula is C12H12F3N. The quantitative estimate of drug-likeness (QED) is 0.716. The predicted molar refractivity (Wildman–Crippen MR) is 55.4 cm³/mol. The van der Waals surface area contributed by atoms with E-state index in [0.717, 1.165) is 30.3 Å². The highest BCUT2D eigenvalue weighted by Gasteiger charge is 2.56. The monoisotopic (exact) mass is 227 g/mol. The van der Waals surface area contributed by atoms with E-state index in [1.807, 2.05) is 0 Å². The molecule has 0 bridgehead atoms. The molecule has 1 aliphatic carbocycles. The van der Waals surface area contributed by atoms with Gasteiger partial charge >= 0.3 is 6.18 Å². The van der Waals surface area contributed by atoms with Gasteiger partial charge in [-0.15, -0.1) is 0 Å². The summed E-state index contributed by atoms with van der Waals surface area (Å²) >= 11 is 0. The van der Waals surface area contributed by atoms with Crippen LogP contribution in [-0.2, 0) is 11.6 Å². The van der Waals surface area contributed by atoms with Crippen molar-refractivity contribution in [3.63, 3.8) is 0 Å². The van der Waals surface area contributed by atoms with Gasteiger partial charge in [-0.2, -0.15) is 13.2 Å². The molecule has 0 radical (unpaired) electrons. The van der Waals surface area contributed by atoms with E-state index in [0.29, 0.717) is 5.92 Å². The van der Waals surface area contributed by atoms with Gasteiger partial charge in [0.05, 0.1) is 5.56 Å². The van der Waals surface area contributed by atoms with Crippen LogP contribution in [0.5, 0.6) is 0 Å². The summed E-state index contributed by atoms with van der Waals surface area (Å²) in [4.78, 5) is 0. The van der Waals surface area contributed by atoms with Crippen molar-refractivity contribution >= 4 is 5.69 Å². The van der Waals surface area contributed by atoms with E-state index in [4.69, 9.17) is 0 Å². The number of benzene rings is 1. The molecule has 1 heterocycles. The minimum absolute atomic E-state index is 0.0173. The van der Waals surface area contributed by atoms with E-state index in [1.165, 1.54) is 6.07 Å². The molecule has 2 aliphatic rings. The zero-order valence-corrected chi connectivity index (χ0v) is 8.86. The Morgan fingerprint density at radius 3 is 2.62 bits per heavy atom. The zero-order chi connectivity index (χ0) is 11.6. The standard InChI is InChI=1S/C12H12F3N/c1-7-5-11(7)6-16-10-3-2-8(4-9(10)11)12(13,14)15/h2-4,7,16H,5-6H2,1H3. The van der Waals surface area contributed by atoms with Crippen LogP contribution in [-0.4, -0.2) is 6.54 Å². The minimum Gasteiger partial charge on any atom is -0.384 e. The number of rotatable bonds is 0. The van der Waals surface area contributed by atoms with Crippen LogP contribution in [0.25, 0.3) is 0 Å². The summed E-state index contributed by atoms with van der Waals surface area (Å²) in [5.74, 6) is 0.490. The summed E-state index contributed by atoms with van der Waals surface area (Å²) in [5.41, 5.74) is 1.18. The van der Waals surface area contributed by atoms with Gasteiger partial charge in [-0.3, -0.25) is 0 Å². The maximum absolute atomic E-state index is 12.6. The van der Waals surface area contributed by atoms with Crippen LogP contribution in [0.4, 0.5) is 18.9 Å². The third-order valence-electron chi connectivity index (χ3n) is 3.93. The highest BCUT2D eigenvalue weighted by molar-refractivity contribution is 5.64. The summed E-state index contributed by atoms with van der Waals surface area (Å²) in [6.07, 6.45) is -3.24. The molecule has 1 aromatic rings. The summed E-state index contributed by atoms with van der Waals surface area (Å²) in [5, 5.41) is 3.19. The summed E-state index contributed by atoms with van der Waals surface area (Å²) < 4.78 is 37.8. The van der Waals surface area contributed by atoms with Crippen LogP contribution in [0.2, 0.25) is 0 Å². The van der Waals surface area contributed by atoms with E-state index >= 15 is 0 Å². The van der Waals surface area contributed by atoms with E-state index in [2.05, 4.69) is 12.2 Å². The van der Waals surface area contributed by atoms with Gasteiger partial charge in [0.1, 0.15) is 0 Å². The number of hydrogen-bond acceptors (Lipinski definition) is 1. The van der Waals surface area contributed by atoms with Crippen molar-refractivity contribution in [2.75, 3.05) is 11.9 Å². The Morgan fingerprint density at radius 1 is 1.38 bits per heavy atom. The summed E-state index contributed by atoms with van der Waals surface area (Å²) in [6, 6.07) is 4.02. The number of nitrogens with one attached hydrogen (secondary N) is 1. The molecule has 86 valence electrons. The first-order valence-corrected chi connectivity index (χ1v) is 5.39. The zero-order valence-electron chi connectivity index (χ0n) is 8.86. The van der Waals surface area contributed by atoms with Crippen molar-refractivity contribution in [1.29, 1.82) is 0 Å². The molecular weight excluding hydrogens is 215 g/mol. The number of halogens is 3. The Morgan fingerprint density at radius 2 is 2.06 bits per heavy atom. The van der Waals surface area contributed by atoms with Gasteiger partial charge in [-0.1, -0.05) is 6.92 Å². The van der Waals surface area contributed by atoms with Crippen LogP contribution in [0.3, 0.4) is 0 Å². The molecule has 1 fully saturated rings. The van der Waals surface area contributed by atoms with Crippen LogP contribution in [0.1, 0.15) is 24.5 Å². The molecule has 0 saturated heterocycles. The van der Waals surface area contributed by atoms with E-state index in [9.17, 15) is 13.2 Å². The third kappa shape index (κ3) is 1.19. The fourth-order valence-corrected chi connectivity index (χ4v) is 2.74. The molecule has 16 heavy (non-hydrogen) atoms. The largest absolute Gasteiger partial charge is 0.416 e. The normalized spacial score (nSPS) is 31.4. The lowest BCUT2D eigenvalue weighted by molar-refractivity contribution is -0.137. The molecule has 3 rings (SSSR count). The second-order valence-electron chi connectivity index (χ2n) is 4.87. The second kappa shape index (κ2) is 2.73. The minimum atomic E-state index is -4.24. The van der Waals surface area contributed by atoms with E-state index in [-0.39, 0.29) is 5.41 Å². The Labute approximate surface area is 91.7 Å². The van der Waals surface area contributed by atoms with Gasteiger partial charge in [0.15, 0.2) is 0 Å². The second-order valence-corrected chi connectivity index (χ2v) is 4.87. The van der Waals surface area contributed by atoms with Crippen molar-refractivity contribution in [3.05, 3.63) is 29.3 Å². The average molecular weight is 227 g/mol. The fraction of sp³-hybridized carbons (Fsp3) is 0.500. The van der Waals surface area contributed by atoms with Gasteiger partial charge < -0.3 is 5.32 Å². The predicted octanol–water partition coefficient (Wildman–Crippen LogP) is 3.41. The fourth-order valence-electron chi connectivity index (χ4n) is 2.74. The number of alkyl halides is 3. The van der Waals surface area contributed by atoms with E-state index < -0.39 is 11.7 Å². The third-order valence-corrected chi connectivity index (χ3v) is 3.93. The molecule has 1 aliphatic heterocycles. The van der Waals surface area contributed by atoms with Gasteiger partial charge in [0, 0.05) is 17.6 Å². The highest BCUT2D eigenvalue weighted by Crippen LogP contribution is 2.59. The molecule has 4 heteroatoms. The lowest BCUT2D eigenvalue weighted by Crippen LogP contribution is -2.12.